The van der Waals surface area contributed by atoms with Crippen LogP contribution < -0.4 is 24.8 Å². The molecule has 4 aromatic rings. The number of fused-ring (bicyclic) bond motifs is 1. The van der Waals surface area contributed by atoms with Crippen LogP contribution in [-0.2, 0) is 22.6 Å². The van der Waals surface area contributed by atoms with Crippen LogP contribution >= 0.6 is 0 Å². The number of carbonyl (C=O) groups is 3. The summed E-state index contributed by atoms with van der Waals surface area (Å²) in [6.45, 7) is 6.02. The number of allylic oxidation sites excluding steroid dienone is 1. The second kappa shape index (κ2) is 13.6. The van der Waals surface area contributed by atoms with Gasteiger partial charge >= 0.3 is 6.03 Å². The Morgan fingerprint density at radius 2 is 1.73 bits per heavy atom. The van der Waals surface area contributed by atoms with Crippen LogP contribution in [0.1, 0.15) is 23.6 Å². The number of benzene rings is 4. The number of para-hydroxylation sites is 2. The second-order valence-corrected chi connectivity index (χ2v) is 9.99. The minimum absolute atomic E-state index is 0.0384. The van der Waals surface area contributed by atoms with Crippen LogP contribution in [0.4, 0.5) is 10.5 Å². The third kappa shape index (κ3) is 6.57. The van der Waals surface area contributed by atoms with E-state index in [4.69, 9.17) is 14.2 Å². The number of hydrogen-bond donors (Lipinski definition) is 2. The maximum Gasteiger partial charge on any atom is 0.329 e. The zero-order valence-corrected chi connectivity index (χ0v) is 24.6. The van der Waals surface area contributed by atoms with Crippen molar-refractivity contribution in [3.05, 3.63) is 114 Å². The van der Waals surface area contributed by atoms with Crippen LogP contribution in [0.25, 0.3) is 16.8 Å². The van der Waals surface area contributed by atoms with Crippen LogP contribution in [0, 0.1) is 0 Å². The smallest absolute Gasteiger partial charge is 0.329 e. The summed E-state index contributed by atoms with van der Waals surface area (Å²) < 4.78 is 17.6. The SMILES string of the molecule is C=CCc1cc(/C=C2/NC(=O)N(CC(=O)Nc3ccccc3OC)C2=O)cc(OCC)c1OCc1cccc2ccccc12. The zero-order valence-electron chi connectivity index (χ0n) is 24.6. The van der Waals surface area contributed by atoms with Gasteiger partial charge in [0, 0.05) is 5.56 Å². The molecule has 2 N–H and O–H groups in total. The minimum Gasteiger partial charge on any atom is -0.495 e. The number of methoxy groups -OCH3 is 1. The molecule has 0 atom stereocenters. The third-order valence-electron chi connectivity index (χ3n) is 7.03. The van der Waals surface area contributed by atoms with E-state index in [1.807, 2.05) is 37.3 Å². The van der Waals surface area contributed by atoms with E-state index in [1.165, 1.54) is 7.11 Å². The third-order valence-corrected chi connectivity index (χ3v) is 7.03. The highest BCUT2D eigenvalue weighted by Crippen LogP contribution is 2.36. The lowest BCUT2D eigenvalue weighted by Gasteiger charge is -2.17. The molecule has 44 heavy (non-hydrogen) atoms. The first-order chi connectivity index (χ1) is 21.4. The highest BCUT2D eigenvalue weighted by molar-refractivity contribution is 6.16. The predicted molar refractivity (Wildman–Crippen MR) is 170 cm³/mol. The van der Waals surface area contributed by atoms with Crippen molar-refractivity contribution >= 4 is 40.4 Å². The maximum absolute atomic E-state index is 13.2. The summed E-state index contributed by atoms with van der Waals surface area (Å²) in [4.78, 5) is 39.4. The number of nitrogens with zero attached hydrogens (tertiary/aromatic N) is 1. The number of urea groups is 1. The molecule has 0 aliphatic carbocycles. The summed E-state index contributed by atoms with van der Waals surface area (Å²) in [5, 5.41) is 7.49. The van der Waals surface area contributed by atoms with Crippen molar-refractivity contribution in [1.82, 2.24) is 10.2 Å². The predicted octanol–water partition coefficient (Wildman–Crippen LogP) is 6.09. The molecule has 0 unspecified atom stereocenters. The van der Waals surface area contributed by atoms with E-state index in [0.29, 0.717) is 48.1 Å². The Morgan fingerprint density at radius 1 is 0.955 bits per heavy atom. The molecular formula is C35H33N3O6. The van der Waals surface area contributed by atoms with E-state index in [-0.39, 0.29) is 5.70 Å². The molecule has 0 saturated carbocycles. The van der Waals surface area contributed by atoms with Gasteiger partial charge in [-0.1, -0.05) is 60.7 Å². The Labute approximate surface area is 255 Å². The molecular weight excluding hydrogens is 558 g/mol. The van der Waals surface area contributed by atoms with Crippen LogP contribution in [0.3, 0.4) is 0 Å². The van der Waals surface area contributed by atoms with Crippen molar-refractivity contribution in [2.75, 3.05) is 25.6 Å². The molecule has 9 heteroatoms. The van der Waals surface area contributed by atoms with Crippen LogP contribution in [0.5, 0.6) is 17.2 Å². The first kappa shape index (κ1) is 29.9. The molecule has 0 radical (unpaired) electrons. The van der Waals surface area contributed by atoms with E-state index in [1.54, 1.807) is 42.5 Å². The summed E-state index contributed by atoms with van der Waals surface area (Å²) in [7, 11) is 1.49. The fraction of sp³-hybridized carbons (Fsp3) is 0.171. The Bertz CT molecular complexity index is 1760. The van der Waals surface area contributed by atoms with Crippen molar-refractivity contribution in [2.24, 2.45) is 0 Å². The maximum atomic E-state index is 13.2. The molecule has 1 aliphatic rings. The second-order valence-electron chi connectivity index (χ2n) is 9.99. The largest absolute Gasteiger partial charge is 0.495 e. The molecule has 1 fully saturated rings. The molecule has 1 heterocycles. The lowest BCUT2D eigenvalue weighted by molar-refractivity contribution is -0.127. The number of amides is 4. The molecule has 1 aliphatic heterocycles. The van der Waals surface area contributed by atoms with Crippen molar-refractivity contribution < 1.29 is 28.6 Å². The standard InChI is InChI=1S/C35H33N3O6/c1-4-11-25-18-23(20-31(43-5-2)33(25)44-22-26-14-10-13-24-12-6-7-15-27(24)26)19-29-34(40)38(35(41)37-29)21-32(39)36-28-16-8-9-17-30(28)42-3/h4,6-10,12-20H,1,5,11,21-22H2,2-3H3,(H,36,39)(H,37,41)/b29-19+. The first-order valence-corrected chi connectivity index (χ1v) is 14.2. The molecule has 4 amide bonds. The number of hydrogen-bond acceptors (Lipinski definition) is 6. The Hall–Kier alpha value is -5.57. The number of ether oxygens (including phenoxy) is 3. The van der Waals surface area contributed by atoms with Gasteiger partial charge in [0.05, 0.1) is 19.4 Å². The highest BCUT2D eigenvalue weighted by atomic mass is 16.5. The molecule has 224 valence electrons. The molecule has 9 nitrogen and oxygen atoms in total. The van der Waals surface area contributed by atoms with Gasteiger partial charge in [0.1, 0.15) is 24.6 Å². The van der Waals surface area contributed by atoms with Crippen molar-refractivity contribution in [1.29, 1.82) is 0 Å². The number of rotatable bonds is 12. The fourth-order valence-electron chi connectivity index (χ4n) is 5.03. The quantitative estimate of drug-likeness (QED) is 0.117. The molecule has 0 spiro atoms. The van der Waals surface area contributed by atoms with E-state index < -0.39 is 24.4 Å². The number of nitrogens with one attached hydrogen (secondary N) is 2. The minimum atomic E-state index is -0.692. The number of anilines is 1. The zero-order chi connectivity index (χ0) is 31.1. The highest BCUT2D eigenvalue weighted by Gasteiger charge is 2.35. The van der Waals surface area contributed by atoms with Crippen LogP contribution in [-0.4, -0.2) is 43.0 Å². The summed E-state index contributed by atoms with van der Waals surface area (Å²) in [6.07, 6.45) is 3.80. The first-order valence-electron chi connectivity index (χ1n) is 14.2. The van der Waals surface area contributed by atoms with Crippen molar-refractivity contribution in [2.45, 2.75) is 20.0 Å². The van der Waals surface area contributed by atoms with Gasteiger partial charge in [-0.05, 0) is 65.6 Å². The van der Waals surface area contributed by atoms with Crippen molar-refractivity contribution in [3.8, 4) is 17.2 Å². The van der Waals surface area contributed by atoms with E-state index in [9.17, 15) is 14.4 Å². The van der Waals surface area contributed by atoms with E-state index in [2.05, 4.69) is 35.4 Å². The molecule has 4 aromatic carbocycles. The van der Waals surface area contributed by atoms with Gasteiger partial charge in [-0.15, -0.1) is 6.58 Å². The Balaban J connectivity index is 1.37. The average Bonchev–Trinajstić information content (AvgIpc) is 3.28. The normalized spacial score (nSPS) is 13.6. The fourth-order valence-corrected chi connectivity index (χ4v) is 5.03. The van der Waals surface area contributed by atoms with Gasteiger partial charge < -0.3 is 24.8 Å². The summed E-state index contributed by atoms with van der Waals surface area (Å²) in [5.74, 6) is 0.383. The van der Waals surface area contributed by atoms with E-state index in [0.717, 1.165) is 26.8 Å². The van der Waals surface area contributed by atoms with Crippen LogP contribution in [0.15, 0.2) is 97.2 Å². The summed E-state index contributed by atoms with van der Waals surface area (Å²) >= 11 is 0. The van der Waals surface area contributed by atoms with Gasteiger partial charge in [-0.25, -0.2) is 9.69 Å². The van der Waals surface area contributed by atoms with E-state index >= 15 is 0 Å². The van der Waals surface area contributed by atoms with Crippen molar-refractivity contribution in [3.63, 3.8) is 0 Å². The van der Waals surface area contributed by atoms with Crippen LogP contribution in [0.2, 0.25) is 0 Å². The topological polar surface area (TPSA) is 106 Å². The van der Waals surface area contributed by atoms with Gasteiger partial charge in [0.25, 0.3) is 5.91 Å². The Morgan fingerprint density at radius 3 is 2.52 bits per heavy atom. The average molecular weight is 592 g/mol. The summed E-state index contributed by atoms with van der Waals surface area (Å²) in [6, 6.07) is 24.0. The molecule has 1 saturated heterocycles. The van der Waals surface area contributed by atoms with Gasteiger partial charge in [0.15, 0.2) is 11.5 Å². The monoisotopic (exact) mass is 591 g/mol. The molecule has 0 aromatic heterocycles. The van der Waals surface area contributed by atoms with Gasteiger partial charge in [-0.2, -0.15) is 0 Å². The number of imide groups is 1. The lowest BCUT2D eigenvalue weighted by Crippen LogP contribution is -2.38. The van der Waals surface area contributed by atoms with Gasteiger partial charge in [-0.3, -0.25) is 9.59 Å². The summed E-state index contributed by atoms with van der Waals surface area (Å²) in [5.41, 5.74) is 2.94. The number of carbonyl (C=O) groups excluding carboxylic acids is 3. The molecule has 5 rings (SSSR count). The lowest BCUT2D eigenvalue weighted by atomic mass is 10.0. The Kier molecular flexibility index (Phi) is 9.25. The van der Waals surface area contributed by atoms with Gasteiger partial charge in [0.2, 0.25) is 5.91 Å². The molecule has 0 bridgehead atoms.